The fraction of sp³-hybridized carbons (Fsp3) is 0.192. The van der Waals surface area contributed by atoms with Crippen molar-refractivity contribution in [2.45, 2.75) is 30.7 Å². The van der Waals surface area contributed by atoms with Gasteiger partial charge in [0.1, 0.15) is 24.1 Å². The maximum atomic E-state index is 11.6. The number of hydrogen-bond donors (Lipinski definition) is 4. The van der Waals surface area contributed by atoms with Crippen LogP contribution < -0.4 is 4.74 Å². The number of aliphatic hydroxyl groups excluding tert-OH is 3. The van der Waals surface area contributed by atoms with E-state index in [-0.39, 0.29) is 37.7 Å². The lowest BCUT2D eigenvalue weighted by molar-refractivity contribution is -0.270. The number of aliphatic hydroxyl groups is 3. The lowest BCUT2D eigenvalue weighted by atomic mass is 9.91. The molecule has 0 amide bonds. The number of carbonyl (C=O) groups is 1. The molecule has 0 aliphatic carbocycles. The fourth-order valence-electron chi connectivity index (χ4n) is 4.05. The summed E-state index contributed by atoms with van der Waals surface area (Å²) in [4.78, 5) is 11.6. The molecule has 1 heterocycles. The highest BCUT2D eigenvalue weighted by atomic mass is 16.7. The molecule has 0 unspecified atom stereocenters. The third kappa shape index (κ3) is 2.94. The van der Waals surface area contributed by atoms with Crippen molar-refractivity contribution in [3.05, 3.63) is 66.5 Å². The highest BCUT2D eigenvalue weighted by Crippen LogP contribution is 2.42. The Balaban J connectivity index is 1.81. The quantitative estimate of drug-likeness (QED) is 0.244. The van der Waals surface area contributed by atoms with E-state index in [2.05, 4.69) is 0 Å². The van der Waals surface area contributed by atoms with E-state index in [0.717, 1.165) is 0 Å². The Bertz CT molecular complexity index is 2100. The van der Waals surface area contributed by atoms with E-state index in [0.29, 0.717) is 0 Å². The predicted molar refractivity (Wildman–Crippen MR) is 123 cm³/mol. The monoisotopic (exact) mass is 455 g/mol. The van der Waals surface area contributed by atoms with Gasteiger partial charge in [-0.25, -0.2) is 4.79 Å². The van der Waals surface area contributed by atoms with Crippen LogP contribution in [0.2, 0.25) is 0 Å². The van der Waals surface area contributed by atoms with Gasteiger partial charge in [-0.15, -0.1) is 0 Å². The Hall–Kier alpha value is -3.49. The van der Waals surface area contributed by atoms with E-state index in [1.807, 2.05) is 0 Å². The summed E-state index contributed by atoms with van der Waals surface area (Å²) in [5.41, 5.74) is 0. The normalized spacial score (nSPS) is 30.5. The van der Waals surface area contributed by atoms with Gasteiger partial charge in [-0.1, -0.05) is 48.3 Å². The molecule has 5 atom stereocenters. The lowest BCUT2D eigenvalue weighted by Crippen LogP contribution is -2.61. The largest absolute Gasteiger partial charge is 0.479 e. The maximum Gasteiger partial charge on any atom is 0.335 e. The summed E-state index contributed by atoms with van der Waals surface area (Å²) in [5, 5.41) is 37.8. The summed E-state index contributed by atoms with van der Waals surface area (Å²) in [6.45, 7) is 0. The molecule has 1 saturated heterocycles. The second kappa shape index (κ2) is 7.26. The summed E-state index contributed by atoms with van der Waals surface area (Å²) in [6.07, 6.45) is -10.4. The topological polar surface area (TPSA) is 116 Å². The first-order valence-corrected chi connectivity index (χ1v) is 9.74. The zero-order valence-corrected chi connectivity index (χ0v) is 16.4. The molecule has 166 valence electrons. The van der Waals surface area contributed by atoms with Crippen LogP contribution in [0.1, 0.15) is 15.1 Å². The zero-order chi connectivity index (χ0) is 32.4. The molecule has 1 aliphatic rings. The summed E-state index contributed by atoms with van der Waals surface area (Å²) in [5.74, 6) is -2.43. The van der Waals surface area contributed by atoms with Crippen LogP contribution in [0.3, 0.4) is 0 Å². The van der Waals surface area contributed by atoms with Crippen LogP contribution in [0.15, 0.2) is 66.5 Å². The van der Waals surface area contributed by atoms with Gasteiger partial charge in [-0.05, 0) is 50.4 Å². The predicted octanol–water partition coefficient (Wildman–Crippen LogP) is 3.01. The van der Waals surface area contributed by atoms with E-state index in [1.54, 1.807) is 0 Å². The van der Waals surface area contributed by atoms with Crippen molar-refractivity contribution in [1.29, 1.82) is 0 Å². The minimum atomic E-state index is -2.10. The van der Waals surface area contributed by atoms with Crippen LogP contribution in [0.5, 0.6) is 5.75 Å². The number of hydrogen-bond acceptors (Lipinski definition) is 6. The first-order valence-electron chi connectivity index (χ1n) is 15.2. The molecule has 0 radical (unpaired) electrons. The van der Waals surface area contributed by atoms with Crippen LogP contribution in [-0.2, 0) is 9.53 Å². The zero-order valence-electron chi connectivity index (χ0n) is 27.4. The van der Waals surface area contributed by atoms with E-state index in [1.165, 1.54) is 0 Å². The van der Waals surface area contributed by atoms with Crippen LogP contribution in [0.25, 0.3) is 43.1 Å². The number of aliphatic carboxylic acids is 1. The first-order chi connectivity index (χ1) is 20.5. The minimum absolute atomic E-state index is 0.179. The third-order valence-electron chi connectivity index (χ3n) is 5.64. The third-order valence-corrected chi connectivity index (χ3v) is 5.64. The van der Waals surface area contributed by atoms with Crippen LogP contribution in [0.4, 0.5) is 0 Å². The molecule has 33 heavy (non-hydrogen) atoms. The first kappa shape index (κ1) is 11.6. The van der Waals surface area contributed by atoms with E-state index in [4.69, 9.17) is 24.6 Å². The average Bonchev–Trinajstić information content (AvgIpc) is 2.97. The molecule has 0 aromatic heterocycles. The van der Waals surface area contributed by atoms with Crippen molar-refractivity contribution < 1.29 is 49.8 Å². The van der Waals surface area contributed by atoms with E-state index >= 15 is 0 Å². The molecule has 0 spiro atoms. The Morgan fingerprint density at radius 2 is 1.48 bits per heavy atom. The molecule has 7 nitrogen and oxygen atoms in total. The van der Waals surface area contributed by atoms with Gasteiger partial charge in [0.15, 0.2) is 6.10 Å². The van der Waals surface area contributed by atoms with Gasteiger partial charge < -0.3 is 29.9 Å². The Labute approximate surface area is 202 Å². The van der Waals surface area contributed by atoms with Gasteiger partial charge in [0.05, 0.1) is 15.1 Å². The molecular formula is C26H20O7. The highest BCUT2D eigenvalue weighted by molar-refractivity contribution is 6.29. The van der Waals surface area contributed by atoms with Crippen molar-refractivity contribution in [1.82, 2.24) is 0 Å². The Morgan fingerprint density at radius 1 is 0.788 bits per heavy atom. The molecule has 5 aromatic rings. The molecule has 1 fully saturated rings. The maximum absolute atomic E-state index is 11.6. The van der Waals surface area contributed by atoms with Crippen molar-refractivity contribution in [3.8, 4) is 5.75 Å². The van der Waals surface area contributed by atoms with Crippen molar-refractivity contribution in [2.75, 3.05) is 0 Å². The van der Waals surface area contributed by atoms with Gasteiger partial charge in [-0.2, -0.15) is 0 Å². The number of ether oxygens (including phenoxy) is 2. The molecule has 7 heteroatoms. The second-order valence-electron chi connectivity index (χ2n) is 7.56. The number of fused-ring (bicyclic) bond motifs is 2. The van der Waals surface area contributed by atoms with E-state index in [9.17, 15) is 25.2 Å². The lowest BCUT2D eigenvalue weighted by Gasteiger charge is -2.38. The number of benzene rings is 5. The summed E-state index contributed by atoms with van der Waals surface area (Å²) in [7, 11) is 0. The molecule has 1 aliphatic heterocycles. The molecule has 5 aromatic carbocycles. The van der Waals surface area contributed by atoms with E-state index < -0.39 is 114 Å². The highest BCUT2D eigenvalue weighted by Gasteiger charge is 2.48. The Morgan fingerprint density at radius 3 is 2.30 bits per heavy atom. The number of rotatable bonds is 3. The molecule has 6 rings (SSSR count). The van der Waals surface area contributed by atoms with Crippen molar-refractivity contribution in [2.24, 2.45) is 0 Å². The van der Waals surface area contributed by atoms with Gasteiger partial charge in [0.2, 0.25) is 6.29 Å². The van der Waals surface area contributed by atoms with Crippen LogP contribution in [-0.4, -0.2) is 57.1 Å². The molecule has 0 saturated carbocycles. The van der Waals surface area contributed by atoms with Crippen molar-refractivity contribution >= 4 is 49.1 Å². The fourth-order valence-corrected chi connectivity index (χ4v) is 4.05. The van der Waals surface area contributed by atoms with Crippen LogP contribution >= 0.6 is 0 Å². The standard InChI is InChI=1S/C26H20O7/c27-21-22(28)24(25(30)31)33-26(23(21)29)32-18-10-7-12-5-8-16-15-4-2-1-3-13(15)11-14-6-9-17(18)19(12)20(14)16/h1-11,21-24,26-29H,(H,30,31)/t21-,22-,23+,24-,26+/m0/s1/i1D,2D,3D,4D,5D,6D,7D,8D,9D,10D,11D. The number of carboxylic acid groups (broad SMARTS) is 1. The molecule has 0 bridgehead atoms. The van der Waals surface area contributed by atoms with Gasteiger partial charge in [0.25, 0.3) is 0 Å². The Kier molecular flexibility index (Phi) is 2.55. The smallest absolute Gasteiger partial charge is 0.335 e. The van der Waals surface area contributed by atoms with Gasteiger partial charge in [0, 0.05) is 10.8 Å². The molecule has 4 N–H and O–H groups in total. The minimum Gasteiger partial charge on any atom is -0.479 e. The summed E-state index contributed by atoms with van der Waals surface area (Å²) >= 11 is 0. The number of carboxylic acids is 1. The average molecular weight is 456 g/mol. The second-order valence-corrected chi connectivity index (χ2v) is 7.56. The SMILES string of the molecule is [2H]c1c([2H])c([2H])c2c(c1[2H])c([2H])c1c([2H])c([2H])c3c(O[C@@H]4O[C@H](C(=O)O)[C@@H](O)[C@H](O)[C@H]4O)c([2H])c([2H])c4c([2H])c([2H])c2c1c43. The van der Waals surface area contributed by atoms with Crippen molar-refractivity contribution in [3.63, 3.8) is 0 Å². The summed E-state index contributed by atoms with van der Waals surface area (Å²) < 4.78 is 106. The van der Waals surface area contributed by atoms with Gasteiger partial charge in [-0.3, -0.25) is 0 Å². The van der Waals surface area contributed by atoms with Crippen LogP contribution in [0, 0.1) is 0 Å². The van der Waals surface area contributed by atoms with Gasteiger partial charge >= 0.3 is 5.97 Å². The molecular weight excluding hydrogens is 424 g/mol. The summed E-state index contributed by atoms with van der Waals surface area (Å²) in [6, 6.07) is -7.45.